The van der Waals surface area contributed by atoms with Crippen LogP contribution in [0.4, 0.5) is 23.7 Å². The Morgan fingerprint density at radius 3 is 2.37 bits per heavy atom. The Kier molecular flexibility index (Phi) is 15.4. The highest BCUT2D eigenvalue weighted by Gasteiger charge is 2.31. The Hall–Kier alpha value is -2.22. The van der Waals surface area contributed by atoms with Gasteiger partial charge in [-0.3, -0.25) is 14.5 Å². The molecule has 14 heteroatoms. The van der Waals surface area contributed by atoms with Crippen molar-refractivity contribution in [3.05, 3.63) is 24.3 Å². The zero-order valence-corrected chi connectivity index (χ0v) is 20.9. The summed E-state index contributed by atoms with van der Waals surface area (Å²) in [6.45, 7) is 1.88. The molecule has 0 spiro atoms. The zero-order valence-electron chi connectivity index (χ0n) is 19.3. The summed E-state index contributed by atoms with van der Waals surface area (Å²) in [5, 5.41) is 12.5. The number of carbonyl (C=O) groups is 3. The quantitative estimate of drug-likeness (QED) is 0.248. The molecule has 0 aromatic heterocycles. The summed E-state index contributed by atoms with van der Waals surface area (Å²) in [6, 6.07) is 2.79. The lowest BCUT2D eigenvalue weighted by Crippen LogP contribution is -2.46. The van der Waals surface area contributed by atoms with E-state index in [0.717, 1.165) is 28.5 Å². The van der Waals surface area contributed by atoms with E-state index >= 15 is 0 Å². The van der Waals surface area contributed by atoms with Crippen LogP contribution in [0.2, 0.25) is 0 Å². The van der Waals surface area contributed by atoms with Gasteiger partial charge in [-0.05, 0) is 55.0 Å². The molecule has 1 rings (SSSR count). The molecule has 6 N–H and O–H groups in total. The average molecular weight is 545 g/mol. The number of nitrogens with two attached hydrogens (primary N) is 2. The van der Waals surface area contributed by atoms with Crippen molar-refractivity contribution in [2.75, 3.05) is 29.5 Å². The maximum Gasteiger partial charge on any atom is 0.573 e. The van der Waals surface area contributed by atoms with Gasteiger partial charge in [-0.25, -0.2) is 4.79 Å². The van der Waals surface area contributed by atoms with E-state index in [1.165, 1.54) is 12.1 Å². The normalized spacial score (nSPS) is 12.7. The third-order valence-corrected chi connectivity index (χ3v) is 5.57. The van der Waals surface area contributed by atoms with E-state index in [2.05, 4.69) is 10.1 Å². The number of amides is 3. The first kappa shape index (κ1) is 32.8. The molecule has 0 fully saturated rings. The van der Waals surface area contributed by atoms with E-state index in [0.29, 0.717) is 19.3 Å². The molecule has 35 heavy (non-hydrogen) atoms. The number of anilines is 1. The lowest BCUT2D eigenvalue weighted by atomic mass is 10.1. The number of ketones is 1. The highest BCUT2D eigenvalue weighted by molar-refractivity contribution is 7.99. The van der Waals surface area contributed by atoms with Crippen LogP contribution in [0.3, 0.4) is 0 Å². The van der Waals surface area contributed by atoms with Gasteiger partial charge in [0.25, 0.3) is 0 Å². The van der Waals surface area contributed by atoms with Gasteiger partial charge >= 0.3 is 12.4 Å². The third kappa shape index (κ3) is 13.4. The number of halogens is 4. The van der Waals surface area contributed by atoms with Crippen LogP contribution < -0.4 is 26.4 Å². The molecule has 0 radical (unpaired) electrons. The Bertz CT molecular complexity index is 802. The van der Waals surface area contributed by atoms with Gasteiger partial charge in [0.1, 0.15) is 11.9 Å². The number of hydrogen-bond donors (Lipinski definition) is 4. The van der Waals surface area contributed by atoms with Crippen molar-refractivity contribution in [2.45, 2.75) is 51.1 Å². The number of alkyl halides is 3. The standard InChI is InChI=1S/C21H31F3N4O5S.ClH/c1-2-34-12-10-17(25)18(30)19(31)27-11-4-3-5-15(29)13-28(20(26)32)14-6-8-16(9-7-14)33-21(22,23)24;/h6-9,17-18,30H,2-5,10-13,25H2,1H3,(H2,26,32)(H,27,31);1H. The van der Waals surface area contributed by atoms with Gasteiger partial charge in [-0.2, -0.15) is 11.8 Å². The summed E-state index contributed by atoms with van der Waals surface area (Å²) in [5.74, 6) is 0.306. The van der Waals surface area contributed by atoms with E-state index in [1.807, 2.05) is 6.92 Å². The van der Waals surface area contributed by atoms with Gasteiger partial charge in [0, 0.05) is 24.7 Å². The number of rotatable bonds is 15. The van der Waals surface area contributed by atoms with Crippen molar-refractivity contribution in [1.82, 2.24) is 5.32 Å². The van der Waals surface area contributed by atoms with Crippen molar-refractivity contribution in [3.63, 3.8) is 0 Å². The minimum atomic E-state index is -4.85. The average Bonchev–Trinajstić information content (AvgIpc) is 2.76. The lowest BCUT2D eigenvalue weighted by Gasteiger charge is -2.20. The fourth-order valence-corrected chi connectivity index (χ4v) is 3.59. The Balaban J connectivity index is 0.0000116. The molecular formula is C21H32ClF3N4O5S. The highest BCUT2D eigenvalue weighted by atomic mass is 35.5. The minimum absolute atomic E-state index is 0. The van der Waals surface area contributed by atoms with Gasteiger partial charge < -0.3 is 26.6 Å². The molecule has 0 saturated carbocycles. The maximum absolute atomic E-state index is 12.3. The van der Waals surface area contributed by atoms with E-state index in [1.54, 1.807) is 11.8 Å². The van der Waals surface area contributed by atoms with E-state index in [4.69, 9.17) is 11.5 Å². The van der Waals surface area contributed by atoms with Crippen LogP contribution in [0.1, 0.15) is 32.6 Å². The fourth-order valence-electron chi connectivity index (χ4n) is 2.86. The monoisotopic (exact) mass is 544 g/mol. The first-order chi connectivity index (χ1) is 15.9. The van der Waals surface area contributed by atoms with Crippen molar-refractivity contribution < 1.29 is 37.4 Å². The van der Waals surface area contributed by atoms with E-state index in [-0.39, 0.29) is 43.4 Å². The smallest absolute Gasteiger partial charge is 0.406 e. The second kappa shape index (κ2) is 16.5. The molecule has 0 aliphatic heterocycles. The molecule has 1 aromatic rings. The zero-order chi connectivity index (χ0) is 25.7. The highest BCUT2D eigenvalue weighted by Crippen LogP contribution is 2.25. The molecule has 0 aliphatic rings. The Morgan fingerprint density at radius 1 is 1.20 bits per heavy atom. The number of thioether (sulfide) groups is 1. The van der Waals surface area contributed by atoms with Crippen LogP contribution in [-0.4, -0.2) is 65.9 Å². The van der Waals surface area contributed by atoms with Crippen LogP contribution in [0, 0.1) is 0 Å². The number of benzene rings is 1. The predicted octanol–water partition coefficient (Wildman–Crippen LogP) is 2.58. The van der Waals surface area contributed by atoms with E-state index in [9.17, 15) is 32.7 Å². The predicted molar refractivity (Wildman–Crippen MR) is 131 cm³/mol. The largest absolute Gasteiger partial charge is 0.573 e. The number of nitrogens with one attached hydrogen (secondary N) is 1. The molecule has 9 nitrogen and oxygen atoms in total. The number of aliphatic hydroxyl groups excluding tert-OH is 1. The molecule has 0 saturated heterocycles. The number of aliphatic hydroxyl groups is 1. The number of nitrogens with zero attached hydrogens (tertiary/aromatic N) is 1. The minimum Gasteiger partial charge on any atom is -0.406 e. The second-order valence-corrected chi connectivity index (χ2v) is 8.74. The first-order valence-corrected chi connectivity index (χ1v) is 11.8. The van der Waals surface area contributed by atoms with Crippen LogP contribution in [0.5, 0.6) is 5.75 Å². The van der Waals surface area contributed by atoms with Gasteiger partial charge in [0.05, 0.1) is 6.54 Å². The van der Waals surface area contributed by atoms with Crippen LogP contribution in [0.15, 0.2) is 24.3 Å². The van der Waals surface area contributed by atoms with Crippen LogP contribution in [-0.2, 0) is 9.59 Å². The lowest BCUT2D eigenvalue weighted by molar-refractivity contribution is -0.274. The number of carbonyl (C=O) groups excluding carboxylic acids is 3. The van der Waals surface area contributed by atoms with Gasteiger partial charge in [-0.1, -0.05) is 6.92 Å². The Morgan fingerprint density at radius 2 is 1.83 bits per heavy atom. The van der Waals surface area contributed by atoms with Gasteiger partial charge in [-0.15, -0.1) is 25.6 Å². The third-order valence-electron chi connectivity index (χ3n) is 4.64. The summed E-state index contributed by atoms with van der Waals surface area (Å²) >= 11 is 1.67. The number of hydrogen-bond acceptors (Lipinski definition) is 7. The van der Waals surface area contributed by atoms with Crippen molar-refractivity contribution in [3.8, 4) is 5.75 Å². The van der Waals surface area contributed by atoms with Crippen molar-refractivity contribution in [1.29, 1.82) is 0 Å². The number of Topliss-reactive ketones (excluding diaryl/α,β-unsaturated/α-hetero) is 1. The van der Waals surface area contributed by atoms with Gasteiger partial charge in [0.15, 0.2) is 5.78 Å². The molecule has 0 aliphatic carbocycles. The molecule has 2 unspecified atom stereocenters. The molecule has 200 valence electrons. The number of urea groups is 1. The molecule has 2 atom stereocenters. The second-order valence-electron chi connectivity index (χ2n) is 7.35. The summed E-state index contributed by atoms with van der Waals surface area (Å²) in [5.41, 5.74) is 11.3. The number of primary amides is 1. The number of ether oxygens (including phenoxy) is 1. The van der Waals surface area contributed by atoms with Crippen molar-refractivity contribution >= 4 is 47.6 Å². The van der Waals surface area contributed by atoms with Gasteiger partial charge in [0.2, 0.25) is 5.91 Å². The molecule has 3 amide bonds. The summed E-state index contributed by atoms with van der Waals surface area (Å²) in [4.78, 5) is 36.8. The van der Waals surface area contributed by atoms with Crippen LogP contribution >= 0.6 is 24.2 Å². The first-order valence-electron chi connectivity index (χ1n) is 10.7. The Labute approximate surface area is 212 Å². The summed E-state index contributed by atoms with van der Waals surface area (Å²) in [7, 11) is 0. The molecular weight excluding hydrogens is 513 g/mol. The molecule has 0 bridgehead atoms. The maximum atomic E-state index is 12.3. The summed E-state index contributed by atoms with van der Waals surface area (Å²) < 4.78 is 40.5. The van der Waals surface area contributed by atoms with E-state index < -0.39 is 36.2 Å². The number of unbranched alkanes of at least 4 members (excludes halogenated alkanes) is 1. The van der Waals surface area contributed by atoms with Crippen LogP contribution in [0.25, 0.3) is 0 Å². The topological polar surface area (TPSA) is 148 Å². The summed E-state index contributed by atoms with van der Waals surface area (Å²) in [6.07, 6.45) is -4.71. The fraction of sp³-hybridized carbons (Fsp3) is 0.571. The molecule has 1 aromatic carbocycles. The van der Waals surface area contributed by atoms with Crippen molar-refractivity contribution in [2.24, 2.45) is 11.5 Å². The SMILES string of the molecule is CCSCCC(N)C(O)C(=O)NCCCCC(=O)CN(C(N)=O)c1ccc(OC(F)(F)F)cc1.Cl. The molecule has 0 heterocycles.